The quantitative estimate of drug-likeness (QED) is 0.753. The number of allylic oxidation sites excluding steroid dienone is 1. The lowest BCUT2D eigenvalue weighted by Crippen LogP contribution is -2.28. The van der Waals surface area contributed by atoms with E-state index >= 15 is 0 Å². The van der Waals surface area contributed by atoms with Crippen LogP contribution >= 0.6 is 0 Å². The number of aromatic nitrogens is 1. The van der Waals surface area contributed by atoms with Crippen LogP contribution in [0.4, 0.5) is 0 Å². The number of nitrogens with one attached hydrogen (secondary N) is 2. The number of hydrogen-bond acceptors (Lipinski definition) is 4. The van der Waals surface area contributed by atoms with Crippen molar-refractivity contribution in [3.8, 4) is 0 Å². The Morgan fingerprint density at radius 1 is 1.53 bits per heavy atom. The molecule has 0 aromatic carbocycles. The average molecular weight is 202 g/mol. The van der Waals surface area contributed by atoms with Crippen molar-refractivity contribution in [3.05, 3.63) is 41.9 Å². The molecule has 1 aliphatic rings. The van der Waals surface area contributed by atoms with Crippen molar-refractivity contribution in [2.24, 2.45) is 4.99 Å². The van der Waals surface area contributed by atoms with E-state index in [0.29, 0.717) is 6.67 Å². The van der Waals surface area contributed by atoms with Gasteiger partial charge in [-0.3, -0.25) is 4.98 Å². The van der Waals surface area contributed by atoms with Crippen molar-refractivity contribution in [1.82, 2.24) is 15.6 Å². The second-order valence-corrected chi connectivity index (χ2v) is 3.42. The number of rotatable bonds is 2. The predicted octanol–water partition coefficient (Wildman–Crippen LogP) is 1.03. The van der Waals surface area contributed by atoms with Crippen LogP contribution in [0.2, 0.25) is 0 Å². The molecule has 0 aliphatic carbocycles. The molecule has 0 unspecified atom stereocenters. The Kier molecular flexibility index (Phi) is 2.97. The van der Waals surface area contributed by atoms with Crippen molar-refractivity contribution >= 4 is 5.84 Å². The van der Waals surface area contributed by atoms with Crippen LogP contribution in [0.3, 0.4) is 0 Å². The molecule has 2 heterocycles. The largest absolute Gasteiger partial charge is 0.370 e. The monoisotopic (exact) mass is 202 g/mol. The molecule has 0 saturated heterocycles. The van der Waals surface area contributed by atoms with E-state index < -0.39 is 0 Å². The standard InChI is InChI=1S/C11H14N4/c1-9-5-11(15-8-14-9)13-7-10-3-2-4-12-6-10/h2-6,14H,7-8H2,1H3,(H,13,15). The van der Waals surface area contributed by atoms with E-state index in [0.717, 1.165) is 23.6 Å². The summed E-state index contributed by atoms with van der Waals surface area (Å²) in [5.74, 6) is 0.926. The van der Waals surface area contributed by atoms with E-state index in [2.05, 4.69) is 20.6 Å². The molecular formula is C11H14N4. The van der Waals surface area contributed by atoms with Crippen LogP contribution in [0.1, 0.15) is 12.5 Å². The maximum absolute atomic E-state index is 4.29. The van der Waals surface area contributed by atoms with Gasteiger partial charge in [0.2, 0.25) is 0 Å². The second kappa shape index (κ2) is 4.59. The fourth-order valence-corrected chi connectivity index (χ4v) is 1.35. The highest BCUT2D eigenvalue weighted by Gasteiger charge is 2.01. The molecule has 1 aromatic heterocycles. The van der Waals surface area contributed by atoms with Gasteiger partial charge in [-0.1, -0.05) is 6.07 Å². The third-order valence-electron chi connectivity index (χ3n) is 2.16. The molecule has 0 spiro atoms. The number of pyridine rings is 1. The number of amidine groups is 1. The lowest BCUT2D eigenvalue weighted by molar-refractivity contribution is 0.792. The van der Waals surface area contributed by atoms with Gasteiger partial charge in [-0.15, -0.1) is 0 Å². The van der Waals surface area contributed by atoms with Gasteiger partial charge in [0.15, 0.2) is 0 Å². The summed E-state index contributed by atoms with van der Waals surface area (Å²) in [5.41, 5.74) is 2.29. The summed E-state index contributed by atoms with van der Waals surface area (Å²) in [4.78, 5) is 8.35. The molecule has 0 fully saturated rings. The van der Waals surface area contributed by atoms with Gasteiger partial charge in [0.1, 0.15) is 12.5 Å². The Bertz CT molecular complexity index is 381. The molecule has 4 heteroatoms. The van der Waals surface area contributed by atoms with Crippen LogP contribution in [0.5, 0.6) is 0 Å². The van der Waals surface area contributed by atoms with Gasteiger partial charge in [-0.05, 0) is 24.6 Å². The minimum Gasteiger partial charge on any atom is -0.370 e. The van der Waals surface area contributed by atoms with Crippen molar-refractivity contribution in [3.63, 3.8) is 0 Å². The summed E-state index contributed by atoms with van der Waals surface area (Å²) in [7, 11) is 0. The van der Waals surface area contributed by atoms with Crippen LogP contribution in [0.25, 0.3) is 0 Å². The predicted molar refractivity (Wildman–Crippen MR) is 60.3 cm³/mol. The van der Waals surface area contributed by atoms with Crippen LogP contribution in [-0.4, -0.2) is 17.5 Å². The summed E-state index contributed by atoms with van der Waals surface area (Å²) in [6.45, 7) is 3.44. The molecule has 0 amide bonds. The molecule has 0 atom stereocenters. The third-order valence-corrected chi connectivity index (χ3v) is 2.16. The van der Waals surface area contributed by atoms with E-state index in [-0.39, 0.29) is 0 Å². The third kappa shape index (κ3) is 2.80. The fraction of sp³-hybridized carbons (Fsp3) is 0.273. The Balaban J connectivity index is 1.92. The highest BCUT2D eigenvalue weighted by molar-refractivity contribution is 5.93. The van der Waals surface area contributed by atoms with E-state index in [4.69, 9.17) is 0 Å². The van der Waals surface area contributed by atoms with Crippen molar-refractivity contribution in [1.29, 1.82) is 0 Å². The summed E-state index contributed by atoms with van der Waals surface area (Å²) >= 11 is 0. The van der Waals surface area contributed by atoms with Gasteiger partial charge in [0.05, 0.1) is 0 Å². The van der Waals surface area contributed by atoms with E-state index in [1.165, 1.54) is 0 Å². The smallest absolute Gasteiger partial charge is 0.124 e. The van der Waals surface area contributed by atoms with Crippen LogP contribution in [0.15, 0.2) is 41.3 Å². The summed E-state index contributed by atoms with van der Waals surface area (Å²) in [6, 6.07) is 3.97. The molecule has 1 aliphatic heterocycles. The van der Waals surface area contributed by atoms with E-state index in [9.17, 15) is 0 Å². The van der Waals surface area contributed by atoms with Crippen molar-refractivity contribution in [2.45, 2.75) is 13.5 Å². The van der Waals surface area contributed by atoms with E-state index in [1.54, 1.807) is 6.20 Å². The second-order valence-electron chi connectivity index (χ2n) is 3.42. The Labute approximate surface area is 89.1 Å². The SMILES string of the molecule is CC1=CC(NCc2cccnc2)=NCN1. The molecule has 2 N–H and O–H groups in total. The lowest BCUT2D eigenvalue weighted by atomic mass is 10.3. The normalized spacial score (nSPS) is 15.0. The molecule has 0 saturated carbocycles. The molecule has 0 radical (unpaired) electrons. The first-order valence-electron chi connectivity index (χ1n) is 4.94. The zero-order valence-electron chi connectivity index (χ0n) is 8.70. The zero-order chi connectivity index (χ0) is 10.5. The molecule has 0 bridgehead atoms. The minimum absolute atomic E-state index is 0.651. The van der Waals surface area contributed by atoms with Crippen LogP contribution in [-0.2, 0) is 6.54 Å². The first-order valence-corrected chi connectivity index (χ1v) is 4.94. The molecular weight excluding hydrogens is 188 g/mol. The van der Waals surface area contributed by atoms with Gasteiger partial charge in [-0.25, -0.2) is 4.99 Å². The topological polar surface area (TPSA) is 49.3 Å². The van der Waals surface area contributed by atoms with Crippen molar-refractivity contribution in [2.75, 3.05) is 6.67 Å². The Morgan fingerprint density at radius 2 is 2.47 bits per heavy atom. The molecule has 2 rings (SSSR count). The summed E-state index contributed by atoms with van der Waals surface area (Å²) < 4.78 is 0. The zero-order valence-corrected chi connectivity index (χ0v) is 8.70. The Morgan fingerprint density at radius 3 is 3.20 bits per heavy atom. The summed E-state index contributed by atoms with van der Waals surface area (Å²) in [5, 5.41) is 6.39. The highest BCUT2D eigenvalue weighted by atomic mass is 15.1. The molecule has 1 aromatic rings. The summed E-state index contributed by atoms with van der Waals surface area (Å²) in [6.07, 6.45) is 5.63. The fourth-order valence-electron chi connectivity index (χ4n) is 1.35. The van der Waals surface area contributed by atoms with Gasteiger partial charge in [-0.2, -0.15) is 0 Å². The van der Waals surface area contributed by atoms with E-state index in [1.807, 2.05) is 31.3 Å². The number of nitrogens with zero attached hydrogens (tertiary/aromatic N) is 2. The number of hydrogen-bond donors (Lipinski definition) is 2. The van der Waals surface area contributed by atoms with Crippen LogP contribution < -0.4 is 10.6 Å². The van der Waals surface area contributed by atoms with Crippen LogP contribution in [0, 0.1) is 0 Å². The van der Waals surface area contributed by atoms with Gasteiger partial charge >= 0.3 is 0 Å². The molecule has 15 heavy (non-hydrogen) atoms. The van der Waals surface area contributed by atoms with Gasteiger partial charge in [0.25, 0.3) is 0 Å². The van der Waals surface area contributed by atoms with Gasteiger partial charge in [0, 0.05) is 24.6 Å². The molecule has 4 nitrogen and oxygen atoms in total. The first kappa shape index (κ1) is 9.71. The van der Waals surface area contributed by atoms with Gasteiger partial charge < -0.3 is 10.6 Å². The lowest BCUT2D eigenvalue weighted by Gasteiger charge is -2.13. The maximum Gasteiger partial charge on any atom is 0.124 e. The Hall–Kier alpha value is -1.84. The van der Waals surface area contributed by atoms with Crippen molar-refractivity contribution < 1.29 is 0 Å². The highest BCUT2D eigenvalue weighted by Crippen LogP contribution is 1.97. The number of aliphatic imine (C=N–C) groups is 1. The average Bonchev–Trinajstić information content (AvgIpc) is 2.28. The molecule has 78 valence electrons. The minimum atomic E-state index is 0.651. The first-order chi connectivity index (χ1) is 7.34. The maximum atomic E-state index is 4.29.